The molecule has 2 nitrogen and oxygen atoms in total. The third-order valence-corrected chi connectivity index (χ3v) is 18.1. The maximum Gasteiger partial charge on any atom is 0.0540 e. The quantitative estimate of drug-likeness (QED) is 0.156. The van der Waals surface area contributed by atoms with Crippen LogP contribution < -0.4 is 0 Å². The zero-order chi connectivity index (χ0) is 50.1. The van der Waals surface area contributed by atoms with Crippen molar-refractivity contribution in [2.45, 2.75) is 66.2 Å². The summed E-state index contributed by atoms with van der Waals surface area (Å²) < 4.78 is 5.03. The van der Waals surface area contributed by atoms with E-state index < -0.39 is 0 Å². The van der Waals surface area contributed by atoms with E-state index in [0.29, 0.717) is 0 Å². The lowest BCUT2D eigenvalue weighted by Gasteiger charge is -2.24. The molecule has 15 rings (SSSR count). The highest BCUT2D eigenvalue weighted by molar-refractivity contribution is 6.26. The van der Waals surface area contributed by atoms with Gasteiger partial charge in [-0.3, -0.25) is 0 Å². The van der Waals surface area contributed by atoms with E-state index in [2.05, 4.69) is 259 Å². The zero-order valence-corrected chi connectivity index (χ0v) is 43.4. The molecule has 0 bridgehead atoms. The molecule has 11 aromatic carbocycles. The number of aromatic nitrogens is 2. The SMILES string of the molecule is Cc1c(C)n(-c2ccc3ccccc3c2)c2cc3c(-c4ccc5c(c4)C(C)(C)c4ccccc4-5)c4cc5c(C)c(C)n(-c6ccc7ccccc7c6)c5cc4c(-c4ccc5c(c4)C(C)(C)c4ccccc4-5)c3cc12. The van der Waals surface area contributed by atoms with Crippen LogP contribution in [0, 0.1) is 27.7 Å². The van der Waals surface area contributed by atoms with Gasteiger partial charge in [0, 0.05) is 44.4 Å². The Morgan fingerprint density at radius 3 is 1.09 bits per heavy atom. The molecule has 13 aromatic rings. The van der Waals surface area contributed by atoms with Gasteiger partial charge < -0.3 is 9.13 Å². The standard InChI is InChI=1S/C72H56N2/c1-41-43(3)73(51-29-25-45-17-9-11-19-47(45)33-51)67-39-61-59(37-57(41)67)69(49-27-31-55-53-21-13-15-23-63(53)71(5,6)65(55)35-49)62-40-68-58(42(2)44(4)74(68)52-30-26-46-18-10-12-20-48(46)34-52)38-60(62)70(61)50-28-32-56-54-22-14-16-24-64(54)72(7,8)66(56)36-50/h9-40H,1-8H3. The molecule has 2 aromatic heterocycles. The van der Waals surface area contributed by atoms with Crippen LogP contribution in [-0.4, -0.2) is 9.13 Å². The summed E-state index contributed by atoms with van der Waals surface area (Å²) in [6.07, 6.45) is 0. The van der Waals surface area contributed by atoms with E-state index in [1.54, 1.807) is 0 Å². The lowest BCUT2D eigenvalue weighted by atomic mass is 9.79. The lowest BCUT2D eigenvalue weighted by molar-refractivity contribution is 0.660. The molecular weight excluding hydrogens is 893 g/mol. The summed E-state index contributed by atoms with van der Waals surface area (Å²) in [4.78, 5) is 0. The smallest absolute Gasteiger partial charge is 0.0540 e. The molecule has 0 fully saturated rings. The summed E-state index contributed by atoms with van der Waals surface area (Å²) in [5.74, 6) is 0. The predicted molar refractivity (Wildman–Crippen MR) is 315 cm³/mol. The van der Waals surface area contributed by atoms with Gasteiger partial charge in [0.15, 0.2) is 0 Å². The van der Waals surface area contributed by atoms with Crippen molar-refractivity contribution < 1.29 is 0 Å². The van der Waals surface area contributed by atoms with Gasteiger partial charge in [0.05, 0.1) is 11.0 Å². The van der Waals surface area contributed by atoms with E-state index in [9.17, 15) is 0 Å². The average molecular weight is 949 g/mol. The first kappa shape index (κ1) is 43.2. The monoisotopic (exact) mass is 948 g/mol. The molecule has 2 aliphatic rings. The van der Waals surface area contributed by atoms with Gasteiger partial charge in [-0.05, 0) is 209 Å². The van der Waals surface area contributed by atoms with Gasteiger partial charge in [0.25, 0.3) is 0 Å². The number of nitrogens with zero attached hydrogens (tertiary/aromatic N) is 2. The van der Waals surface area contributed by atoms with E-state index in [1.807, 2.05) is 0 Å². The predicted octanol–water partition coefficient (Wildman–Crippen LogP) is 19.4. The molecule has 0 radical (unpaired) electrons. The van der Waals surface area contributed by atoms with Crippen molar-refractivity contribution in [3.05, 3.63) is 239 Å². The van der Waals surface area contributed by atoms with E-state index in [4.69, 9.17) is 0 Å². The Bertz CT molecular complexity index is 4340. The molecule has 2 heteroatoms. The van der Waals surface area contributed by atoms with Crippen molar-refractivity contribution in [2.75, 3.05) is 0 Å². The highest BCUT2D eigenvalue weighted by Gasteiger charge is 2.37. The second kappa shape index (κ2) is 15.1. The lowest BCUT2D eigenvalue weighted by Crippen LogP contribution is -2.15. The maximum absolute atomic E-state index is 2.56. The van der Waals surface area contributed by atoms with E-state index in [-0.39, 0.29) is 10.8 Å². The third kappa shape index (κ3) is 5.77. The van der Waals surface area contributed by atoms with Crippen molar-refractivity contribution in [1.82, 2.24) is 9.13 Å². The summed E-state index contributed by atoms with van der Waals surface area (Å²) in [6, 6.07) is 74.4. The van der Waals surface area contributed by atoms with Crippen molar-refractivity contribution in [3.8, 4) is 55.9 Å². The van der Waals surface area contributed by atoms with Crippen LogP contribution in [0.2, 0.25) is 0 Å². The molecule has 0 saturated carbocycles. The molecule has 2 heterocycles. The van der Waals surface area contributed by atoms with Crippen molar-refractivity contribution in [3.63, 3.8) is 0 Å². The zero-order valence-electron chi connectivity index (χ0n) is 43.4. The Morgan fingerprint density at radius 1 is 0.297 bits per heavy atom. The Balaban J connectivity index is 1.11. The normalized spacial score (nSPS) is 14.2. The first-order valence-corrected chi connectivity index (χ1v) is 26.4. The minimum Gasteiger partial charge on any atom is -0.314 e. The van der Waals surface area contributed by atoms with E-state index in [0.717, 1.165) is 0 Å². The number of hydrogen-bond donors (Lipinski definition) is 0. The fourth-order valence-corrected chi connectivity index (χ4v) is 14.0. The van der Waals surface area contributed by atoms with Gasteiger partial charge in [0.1, 0.15) is 0 Å². The highest BCUT2D eigenvalue weighted by Crippen LogP contribution is 2.55. The van der Waals surface area contributed by atoms with Crippen LogP contribution >= 0.6 is 0 Å². The summed E-state index contributed by atoms with van der Waals surface area (Å²) >= 11 is 0. The van der Waals surface area contributed by atoms with Crippen molar-refractivity contribution in [1.29, 1.82) is 0 Å². The third-order valence-electron chi connectivity index (χ3n) is 18.1. The van der Waals surface area contributed by atoms with Crippen LogP contribution in [0.1, 0.15) is 72.5 Å². The summed E-state index contributed by atoms with van der Waals surface area (Å²) in [6.45, 7) is 18.9. The van der Waals surface area contributed by atoms with Gasteiger partial charge in [0.2, 0.25) is 0 Å². The van der Waals surface area contributed by atoms with Crippen LogP contribution in [0.15, 0.2) is 194 Å². The number of rotatable bonds is 4. The molecule has 0 unspecified atom stereocenters. The average Bonchev–Trinajstić information content (AvgIpc) is 4.04. The summed E-state index contributed by atoms with van der Waals surface area (Å²) in [5, 5.41) is 12.6. The number of aryl methyl sites for hydroxylation is 2. The molecule has 74 heavy (non-hydrogen) atoms. The Labute approximate surface area is 432 Å². The molecule has 0 amide bonds. The number of fused-ring (bicyclic) bond motifs is 12. The Kier molecular flexibility index (Phi) is 8.78. The summed E-state index contributed by atoms with van der Waals surface area (Å²) in [5.41, 5.74) is 25.6. The summed E-state index contributed by atoms with van der Waals surface area (Å²) in [7, 11) is 0. The first-order valence-electron chi connectivity index (χ1n) is 26.4. The highest BCUT2D eigenvalue weighted by atomic mass is 15.0. The first-order chi connectivity index (χ1) is 35.9. The van der Waals surface area contributed by atoms with Gasteiger partial charge in [-0.25, -0.2) is 0 Å². The largest absolute Gasteiger partial charge is 0.314 e. The van der Waals surface area contributed by atoms with Crippen LogP contribution in [0.5, 0.6) is 0 Å². The van der Waals surface area contributed by atoms with Crippen molar-refractivity contribution in [2.24, 2.45) is 0 Å². The van der Waals surface area contributed by atoms with Crippen molar-refractivity contribution >= 4 is 64.9 Å². The molecule has 0 spiro atoms. The van der Waals surface area contributed by atoms with Gasteiger partial charge in [-0.15, -0.1) is 0 Å². The van der Waals surface area contributed by atoms with Gasteiger partial charge >= 0.3 is 0 Å². The van der Waals surface area contributed by atoms with Gasteiger partial charge in [-0.2, -0.15) is 0 Å². The van der Waals surface area contributed by atoms with Crippen LogP contribution in [-0.2, 0) is 10.8 Å². The second-order valence-electron chi connectivity index (χ2n) is 22.6. The van der Waals surface area contributed by atoms with Crippen LogP contribution in [0.3, 0.4) is 0 Å². The van der Waals surface area contributed by atoms with Crippen LogP contribution in [0.4, 0.5) is 0 Å². The minimum absolute atomic E-state index is 0.160. The Morgan fingerprint density at radius 2 is 0.662 bits per heavy atom. The molecule has 354 valence electrons. The fraction of sp³-hybridized carbons (Fsp3) is 0.139. The second-order valence-corrected chi connectivity index (χ2v) is 22.6. The molecule has 2 aliphatic carbocycles. The molecule has 0 atom stereocenters. The van der Waals surface area contributed by atoms with E-state index in [1.165, 1.54) is 166 Å². The number of benzene rings is 11. The minimum atomic E-state index is -0.160. The molecule has 0 aliphatic heterocycles. The number of hydrogen-bond acceptors (Lipinski definition) is 0. The van der Waals surface area contributed by atoms with Crippen LogP contribution in [0.25, 0.3) is 121 Å². The maximum atomic E-state index is 2.56. The topological polar surface area (TPSA) is 9.86 Å². The fourth-order valence-electron chi connectivity index (χ4n) is 14.0. The van der Waals surface area contributed by atoms with E-state index >= 15 is 0 Å². The molecular formula is C72H56N2. The molecule has 0 saturated heterocycles. The molecule has 0 N–H and O–H groups in total. The van der Waals surface area contributed by atoms with Gasteiger partial charge in [-0.1, -0.05) is 161 Å². The Hall–Kier alpha value is -8.46.